The molecule has 1 aliphatic carbocycles. The fourth-order valence-corrected chi connectivity index (χ4v) is 9.75. The molecule has 5 atom stereocenters. The number of amides is 2. The van der Waals surface area contributed by atoms with Crippen LogP contribution in [-0.4, -0.2) is 84.9 Å². The van der Waals surface area contributed by atoms with E-state index >= 15 is 4.39 Å². The summed E-state index contributed by atoms with van der Waals surface area (Å²) in [7, 11) is -3.58. The zero-order valence-electron chi connectivity index (χ0n) is 29.6. The molecule has 0 aromatic heterocycles. The van der Waals surface area contributed by atoms with Crippen molar-refractivity contribution in [3.8, 4) is 0 Å². The van der Waals surface area contributed by atoms with Gasteiger partial charge in [0.1, 0.15) is 11.4 Å². The molecule has 0 radical (unpaired) electrons. The largest absolute Gasteiger partial charge is 0.444 e. The van der Waals surface area contributed by atoms with Gasteiger partial charge in [-0.3, -0.25) is 4.79 Å². The number of benzene rings is 2. The first-order valence-corrected chi connectivity index (χ1v) is 19.9. The Bertz CT molecular complexity index is 1600. The van der Waals surface area contributed by atoms with Gasteiger partial charge in [-0.05, 0) is 115 Å². The molecule has 3 fully saturated rings. The first kappa shape index (κ1) is 38.5. The van der Waals surface area contributed by atoms with Crippen LogP contribution in [0.3, 0.4) is 0 Å². The third-order valence-corrected chi connectivity index (χ3v) is 12.5. The molecule has 10 nitrogen and oxygen atoms in total. The number of hydrogen-bond donors (Lipinski definition) is 2. The molecule has 2 aromatic carbocycles. The number of anilines is 1. The van der Waals surface area contributed by atoms with Crippen molar-refractivity contribution in [3.63, 3.8) is 0 Å². The molecule has 13 heteroatoms. The Morgan fingerprint density at radius 1 is 1.06 bits per heavy atom. The number of piperazine rings is 1. The lowest BCUT2D eigenvalue weighted by atomic mass is 9.72. The van der Waals surface area contributed by atoms with Gasteiger partial charge in [0.2, 0.25) is 15.9 Å². The second kappa shape index (κ2) is 16.3. The summed E-state index contributed by atoms with van der Waals surface area (Å²) in [6, 6.07) is 10.1. The average Bonchev–Trinajstić information content (AvgIpc) is 3.18. The minimum absolute atomic E-state index is 0.0108. The van der Waals surface area contributed by atoms with Crippen LogP contribution in [0.1, 0.15) is 89.7 Å². The predicted molar refractivity (Wildman–Crippen MR) is 193 cm³/mol. The Kier molecular flexibility index (Phi) is 12.5. The second-order valence-electron chi connectivity index (χ2n) is 14.9. The van der Waals surface area contributed by atoms with E-state index in [-0.39, 0.29) is 66.9 Å². The van der Waals surface area contributed by atoms with E-state index in [1.165, 1.54) is 16.4 Å². The van der Waals surface area contributed by atoms with Crippen LogP contribution >= 0.6 is 11.6 Å². The van der Waals surface area contributed by atoms with Gasteiger partial charge >= 0.3 is 6.09 Å². The molecule has 50 heavy (non-hydrogen) atoms. The van der Waals surface area contributed by atoms with Crippen molar-refractivity contribution in [2.75, 3.05) is 30.8 Å². The van der Waals surface area contributed by atoms with Gasteiger partial charge in [-0.25, -0.2) is 17.6 Å². The summed E-state index contributed by atoms with van der Waals surface area (Å²) in [5, 5.41) is 3.51. The molecule has 2 heterocycles. The summed E-state index contributed by atoms with van der Waals surface area (Å²) < 4.78 is 55.2. The highest BCUT2D eigenvalue weighted by Gasteiger charge is 2.44. The van der Waals surface area contributed by atoms with E-state index in [2.05, 4.69) is 5.32 Å². The number of nitrogens with zero attached hydrogens (tertiary/aromatic N) is 2. The number of rotatable bonds is 10. The van der Waals surface area contributed by atoms with Crippen LogP contribution in [-0.2, 0) is 30.7 Å². The highest BCUT2D eigenvalue weighted by Crippen LogP contribution is 2.39. The van der Waals surface area contributed by atoms with Crippen LogP contribution in [0.25, 0.3) is 0 Å². The lowest BCUT2D eigenvalue weighted by Gasteiger charge is -2.44. The minimum atomic E-state index is -3.58. The number of nitrogens with one attached hydrogen (secondary N) is 1. The topological polar surface area (TPSA) is 131 Å². The molecule has 2 aromatic rings. The van der Waals surface area contributed by atoms with E-state index in [1.807, 2.05) is 19.1 Å². The summed E-state index contributed by atoms with van der Waals surface area (Å²) in [5.74, 6) is -1.12. The van der Waals surface area contributed by atoms with E-state index < -0.39 is 45.5 Å². The van der Waals surface area contributed by atoms with Crippen LogP contribution in [0.4, 0.5) is 14.9 Å². The highest BCUT2D eigenvalue weighted by atomic mass is 35.5. The monoisotopic (exact) mass is 734 g/mol. The predicted octanol–water partition coefficient (Wildman–Crippen LogP) is 6.47. The van der Waals surface area contributed by atoms with E-state index in [9.17, 15) is 18.0 Å². The molecule has 2 aliphatic heterocycles. The average molecular weight is 735 g/mol. The maximum Gasteiger partial charge on any atom is 0.410 e. The summed E-state index contributed by atoms with van der Waals surface area (Å²) in [5.41, 5.74) is 7.53. The molecule has 1 saturated carbocycles. The molecule has 2 bridgehead atoms. The second-order valence-corrected chi connectivity index (χ2v) is 17.3. The summed E-state index contributed by atoms with van der Waals surface area (Å²) in [4.78, 5) is 28.8. The lowest BCUT2D eigenvalue weighted by Crippen LogP contribution is -2.60. The molecule has 276 valence electrons. The third kappa shape index (κ3) is 9.36. The quantitative estimate of drug-likeness (QED) is 0.286. The number of nitrogens with two attached hydrogens (primary N) is 1. The highest BCUT2D eigenvalue weighted by molar-refractivity contribution is 7.89. The van der Waals surface area contributed by atoms with E-state index in [0.717, 1.165) is 31.2 Å². The number of sulfonamides is 1. The minimum Gasteiger partial charge on any atom is -0.444 e. The van der Waals surface area contributed by atoms with E-state index in [0.29, 0.717) is 24.5 Å². The standard InChI is InChI=1S/C37H52ClFN4O6S/c1-5-48-29-18-13-25(14-19-29)33(24-11-15-26(38)16-12-24)34(40)35(44)41-32-10-6-9-31(39)30(32)20-17-28-22-42(36(45)49-37(2,3)4)27-8-7-21-50(46,47)43(28)23-27/h6,9-12,15-16,25,27-29,33-34H,5,7-8,13-14,17-23,40H2,1-4H3,(H,41,44)/t25-,27-,28+,29-,33+,34+/m1/s1. The molecule has 3 N–H and O–H groups in total. The zero-order valence-corrected chi connectivity index (χ0v) is 31.1. The van der Waals surface area contributed by atoms with Crippen LogP contribution in [0, 0.1) is 11.7 Å². The number of carbonyl (C=O) groups is 2. The molecule has 5 rings (SSSR count). The van der Waals surface area contributed by atoms with Gasteiger partial charge in [0.15, 0.2) is 0 Å². The van der Waals surface area contributed by atoms with E-state index in [1.54, 1.807) is 43.9 Å². The molecule has 0 spiro atoms. The number of ether oxygens (including phenoxy) is 2. The Balaban J connectivity index is 1.34. The van der Waals surface area contributed by atoms with Crippen molar-refractivity contribution in [1.29, 1.82) is 0 Å². The molecular formula is C37H52ClFN4O6S. The third-order valence-electron chi connectivity index (χ3n) is 10.2. The van der Waals surface area contributed by atoms with E-state index in [4.69, 9.17) is 26.8 Å². The smallest absolute Gasteiger partial charge is 0.410 e. The first-order chi connectivity index (χ1) is 23.7. The van der Waals surface area contributed by atoms with Crippen molar-refractivity contribution in [3.05, 3.63) is 64.4 Å². The molecular weight excluding hydrogens is 683 g/mol. The Morgan fingerprint density at radius 3 is 2.42 bits per heavy atom. The van der Waals surface area contributed by atoms with Gasteiger partial charge in [-0.1, -0.05) is 29.8 Å². The van der Waals surface area contributed by atoms with Crippen molar-refractivity contribution < 1.29 is 31.9 Å². The lowest BCUT2D eigenvalue weighted by molar-refractivity contribution is -0.118. The maximum atomic E-state index is 15.5. The van der Waals surface area contributed by atoms with Crippen LogP contribution in [0.15, 0.2) is 42.5 Å². The van der Waals surface area contributed by atoms with Crippen molar-refractivity contribution >= 4 is 39.3 Å². The number of carbonyl (C=O) groups excluding carboxylic acids is 2. The van der Waals surface area contributed by atoms with Crippen molar-refractivity contribution in [2.45, 2.75) is 115 Å². The molecule has 2 saturated heterocycles. The summed E-state index contributed by atoms with van der Waals surface area (Å²) >= 11 is 6.20. The fourth-order valence-electron chi connectivity index (χ4n) is 7.84. The fraction of sp³-hybridized carbons (Fsp3) is 0.622. The van der Waals surface area contributed by atoms with Crippen LogP contribution < -0.4 is 11.1 Å². The number of fused-ring (bicyclic) bond motifs is 2. The Morgan fingerprint density at radius 2 is 1.76 bits per heavy atom. The molecule has 1 unspecified atom stereocenters. The maximum absolute atomic E-state index is 15.5. The SMILES string of the molecule is CCO[C@H]1CC[C@H]([C@H](c2ccc(Cl)cc2)[C@H](N)C(=O)Nc2cccc(F)c2CC[C@H]2CN(C(=O)OC(C)(C)C)[C@@H]3CCCS(=O)(=O)N2C3)CC1. The first-order valence-electron chi connectivity index (χ1n) is 17.9. The normalized spacial score (nSPS) is 26.4. The van der Waals surface area contributed by atoms with Gasteiger partial charge in [-0.2, -0.15) is 4.31 Å². The summed E-state index contributed by atoms with van der Waals surface area (Å²) in [6.07, 6.45) is 4.52. The van der Waals surface area contributed by atoms with Gasteiger partial charge < -0.3 is 25.4 Å². The zero-order chi connectivity index (χ0) is 36.2. The Hall–Kier alpha value is -2.77. The van der Waals surface area contributed by atoms with Gasteiger partial charge in [0, 0.05) is 54.0 Å². The van der Waals surface area contributed by atoms with Gasteiger partial charge in [0.05, 0.1) is 17.9 Å². The van der Waals surface area contributed by atoms with Crippen molar-refractivity contribution in [2.24, 2.45) is 11.7 Å². The van der Waals surface area contributed by atoms with Gasteiger partial charge in [0.25, 0.3) is 0 Å². The Labute approximate surface area is 301 Å². The van der Waals surface area contributed by atoms with Crippen molar-refractivity contribution in [1.82, 2.24) is 9.21 Å². The summed E-state index contributed by atoms with van der Waals surface area (Å²) in [6.45, 7) is 8.32. The van der Waals surface area contributed by atoms with Gasteiger partial charge in [-0.15, -0.1) is 0 Å². The molecule has 2 amide bonds. The number of hydrogen-bond acceptors (Lipinski definition) is 7. The van der Waals surface area contributed by atoms with Crippen LogP contribution in [0.5, 0.6) is 0 Å². The molecule has 3 aliphatic rings. The van der Waals surface area contributed by atoms with Crippen LogP contribution in [0.2, 0.25) is 5.02 Å². The number of halogens is 2.